The van der Waals surface area contributed by atoms with Crippen LogP contribution < -0.4 is 4.90 Å². The molecule has 0 aliphatic carbocycles. The minimum atomic E-state index is 0.123. The van der Waals surface area contributed by atoms with Gasteiger partial charge in [-0.3, -0.25) is 4.79 Å². The van der Waals surface area contributed by atoms with E-state index in [4.69, 9.17) is 0 Å². The molecule has 1 aromatic heterocycles. The topological polar surface area (TPSA) is 49.3 Å². The molecule has 1 saturated heterocycles. The molecule has 0 spiro atoms. The summed E-state index contributed by atoms with van der Waals surface area (Å²) in [7, 11) is 0. The zero-order chi connectivity index (χ0) is 15.5. The summed E-state index contributed by atoms with van der Waals surface area (Å²) < 4.78 is 0. The highest BCUT2D eigenvalue weighted by Crippen LogP contribution is 2.14. The van der Waals surface area contributed by atoms with Crippen LogP contribution in [0.2, 0.25) is 0 Å². The summed E-state index contributed by atoms with van der Waals surface area (Å²) in [5.74, 6) is 0.765. The lowest BCUT2D eigenvalue weighted by molar-refractivity contribution is -0.131. The molecule has 0 atom stereocenters. The van der Waals surface area contributed by atoms with Gasteiger partial charge in [-0.25, -0.2) is 9.97 Å². The van der Waals surface area contributed by atoms with Gasteiger partial charge in [-0.1, -0.05) is 29.8 Å². The molecule has 1 aromatic carbocycles. The lowest BCUT2D eigenvalue weighted by atomic mass is 10.1. The van der Waals surface area contributed by atoms with Gasteiger partial charge in [0, 0.05) is 31.5 Å². The van der Waals surface area contributed by atoms with Crippen molar-refractivity contribution in [3.05, 3.63) is 53.3 Å². The third kappa shape index (κ3) is 3.24. The van der Waals surface area contributed by atoms with E-state index in [-0.39, 0.29) is 5.91 Å². The van der Waals surface area contributed by atoms with Gasteiger partial charge in [0.15, 0.2) is 0 Å². The number of piperazine rings is 1. The molecule has 0 unspecified atom stereocenters. The van der Waals surface area contributed by atoms with Crippen molar-refractivity contribution in [2.24, 2.45) is 0 Å². The summed E-state index contributed by atoms with van der Waals surface area (Å²) in [6, 6.07) is 10.2. The molecular formula is C17H20N4O. The van der Waals surface area contributed by atoms with Crippen LogP contribution in [0.4, 0.5) is 5.95 Å². The summed E-state index contributed by atoms with van der Waals surface area (Å²) >= 11 is 0. The van der Waals surface area contributed by atoms with Gasteiger partial charge >= 0.3 is 0 Å². The highest BCUT2D eigenvalue weighted by molar-refractivity contribution is 5.82. The van der Waals surface area contributed by atoms with Gasteiger partial charge in [-0.05, 0) is 25.5 Å². The Morgan fingerprint density at radius 3 is 2.77 bits per heavy atom. The van der Waals surface area contributed by atoms with Crippen molar-refractivity contribution >= 4 is 11.9 Å². The number of hydrogen-bond donors (Lipinski definition) is 0. The largest absolute Gasteiger partial charge is 0.335 e. The molecule has 114 valence electrons. The number of carbonyl (C=O) groups excluding carboxylic acids is 1. The lowest BCUT2D eigenvalue weighted by Gasteiger charge is -2.34. The first-order valence-corrected chi connectivity index (χ1v) is 7.50. The van der Waals surface area contributed by atoms with E-state index in [1.54, 1.807) is 6.20 Å². The van der Waals surface area contributed by atoms with Gasteiger partial charge < -0.3 is 9.80 Å². The number of aromatic nitrogens is 2. The Labute approximate surface area is 130 Å². The van der Waals surface area contributed by atoms with E-state index in [1.165, 1.54) is 11.1 Å². The van der Waals surface area contributed by atoms with Gasteiger partial charge in [-0.2, -0.15) is 0 Å². The third-order valence-electron chi connectivity index (χ3n) is 3.84. The molecule has 0 radical (unpaired) electrons. The Morgan fingerprint density at radius 1 is 1.18 bits per heavy atom. The highest BCUT2D eigenvalue weighted by atomic mass is 16.2. The maximum absolute atomic E-state index is 12.4. The number of aryl methyl sites for hydroxylation is 2. The fraction of sp³-hybridized carbons (Fsp3) is 0.353. The van der Waals surface area contributed by atoms with Crippen LogP contribution in [0.15, 0.2) is 36.5 Å². The highest BCUT2D eigenvalue weighted by Gasteiger charge is 2.25. The van der Waals surface area contributed by atoms with Gasteiger partial charge in [-0.15, -0.1) is 0 Å². The summed E-state index contributed by atoms with van der Waals surface area (Å²) in [4.78, 5) is 24.9. The summed E-state index contributed by atoms with van der Waals surface area (Å²) in [5.41, 5.74) is 3.31. The van der Waals surface area contributed by atoms with E-state index in [1.807, 2.05) is 28.9 Å². The van der Waals surface area contributed by atoms with E-state index in [9.17, 15) is 4.79 Å². The molecule has 0 N–H and O–H groups in total. The molecule has 0 bridgehead atoms. The molecule has 3 rings (SSSR count). The van der Waals surface area contributed by atoms with Gasteiger partial charge in [0.05, 0.1) is 0 Å². The average Bonchev–Trinajstić information content (AvgIpc) is 2.49. The van der Waals surface area contributed by atoms with Gasteiger partial charge in [0.1, 0.15) is 6.54 Å². The van der Waals surface area contributed by atoms with Crippen LogP contribution in [0.25, 0.3) is 0 Å². The number of nitrogens with zero attached hydrogens (tertiary/aromatic N) is 4. The standard InChI is InChI=1S/C17H20N4O/c1-13-4-3-5-15(10-13)11-20-8-9-21(12-16(20)22)17-18-7-6-14(2)19-17/h3-7,10H,8-9,11-12H2,1-2H3. The number of amides is 1. The summed E-state index contributed by atoms with van der Waals surface area (Å²) in [5, 5.41) is 0. The normalized spacial score (nSPS) is 15.3. The predicted octanol–water partition coefficient (Wildman–Crippen LogP) is 1.94. The van der Waals surface area contributed by atoms with Crippen molar-refractivity contribution in [3.8, 4) is 0 Å². The minimum Gasteiger partial charge on any atom is -0.335 e. The second-order valence-corrected chi connectivity index (χ2v) is 5.72. The maximum Gasteiger partial charge on any atom is 0.242 e. The van der Waals surface area contributed by atoms with Crippen LogP contribution in [0.3, 0.4) is 0 Å². The first kappa shape index (κ1) is 14.5. The van der Waals surface area contributed by atoms with Crippen LogP contribution in [-0.2, 0) is 11.3 Å². The minimum absolute atomic E-state index is 0.123. The Bertz CT molecular complexity index is 686. The van der Waals surface area contributed by atoms with Crippen LogP contribution in [0, 0.1) is 13.8 Å². The number of hydrogen-bond acceptors (Lipinski definition) is 4. The van der Waals surface area contributed by atoms with Crippen molar-refractivity contribution in [2.45, 2.75) is 20.4 Å². The molecule has 2 aromatic rings. The van der Waals surface area contributed by atoms with E-state index in [0.717, 1.165) is 12.2 Å². The zero-order valence-electron chi connectivity index (χ0n) is 13.0. The zero-order valence-corrected chi connectivity index (χ0v) is 13.0. The lowest BCUT2D eigenvalue weighted by Crippen LogP contribution is -2.50. The van der Waals surface area contributed by atoms with Crippen LogP contribution in [0.5, 0.6) is 0 Å². The molecule has 1 aliphatic heterocycles. The number of rotatable bonds is 3. The van der Waals surface area contributed by atoms with Crippen molar-refractivity contribution < 1.29 is 4.79 Å². The first-order valence-electron chi connectivity index (χ1n) is 7.50. The van der Waals surface area contributed by atoms with Crippen molar-refractivity contribution in [1.29, 1.82) is 0 Å². The van der Waals surface area contributed by atoms with Gasteiger partial charge in [0.25, 0.3) is 0 Å². The molecule has 0 saturated carbocycles. The number of benzene rings is 1. The fourth-order valence-corrected chi connectivity index (χ4v) is 2.67. The Morgan fingerprint density at radius 2 is 2.05 bits per heavy atom. The Balaban J connectivity index is 1.66. The number of carbonyl (C=O) groups is 1. The molecule has 1 fully saturated rings. The second-order valence-electron chi connectivity index (χ2n) is 5.72. The molecule has 22 heavy (non-hydrogen) atoms. The second kappa shape index (κ2) is 6.13. The third-order valence-corrected chi connectivity index (χ3v) is 3.84. The smallest absolute Gasteiger partial charge is 0.242 e. The van der Waals surface area contributed by atoms with Gasteiger partial charge in [0.2, 0.25) is 11.9 Å². The van der Waals surface area contributed by atoms with Crippen molar-refractivity contribution in [3.63, 3.8) is 0 Å². The Kier molecular flexibility index (Phi) is 4.04. The SMILES string of the molecule is Cc1cccc(CN2CCN(c3nccc(C)n3)CC2=O)c1. The molecule has 2 heterocycles. The summed E-state index contributed by atoms with van der Waals surface area (Å²) in [6.45, 7) is 6.47. The molecular weight excluding hydrogens is 276 g/mol. The first-order chi connectivity index (χ1) is 10.6. The van der Waals surface area contributed by atoms with Crippen LogP contribution in [0.1, 0.15) is 16.8 Å². The summed E-state index contributed by atoms with van der Waals surface area (Å²) in [6.07, 6.45) is 1.74. The molecule has 5 heteroatoms. The molecule has 1 amide bonds. The Hall–Kier alpha value is -2.43. The quantitative estimate of drug-likeness (QED) is 0.868. The van der Waals surface area contributed by atoms with E-state index < -0.39 is 0 Å². The monoisotopic (exact) mass is 296 g/mol. The predicted molar refractivity (Wildman–Crippen MR) is 85.6 cm³/mol. The van der Waals surface area contributed by atoms with E-state index in [2.05, 4.69) is 35.1 Å². The fourth-order valence-electron chi connectivity index (χ4n) is 2.67. The van der Waals surface area contributed by atoms with E-state index >= 15 is 0 Å². The van der Waals surface area contributed by atoms with E-state index in [0.29, 0.717) is 25.6 Å². The average molecular weight is 296 g/mol. The van der Waals surface area contributed by atoms with Crippen LogP contribution in [-0.4, -0.2) is 40.4 Å². The van der Waals surface area contributed by atoms with Crippen molar-refractivity contribution in [2.75, 3.05) is 24.5 Å². The van der Waals surface area contributed by atoms with Crippen molar-refractivity contribution in [1.82, 2.24) is 14.9 Å². The molecule has 1 aliphatic rings. The maximum atomic E-state index is 12.4. The number of anilines is 1. The van der Waals surface area contributed by atoms with Crippen LogP contribution >= 0.6 is 0 Å². The molecule has 5 nitrogen and oxygen atoms in total.